The predicted octanol–water partition coefficient (Wildman–Crippen LogP) is 2.97. The summed E-state index contributed by atoms with van der Waals surface area (Å²) in [5.41, 5.74) is 0. The van der Waals surface area contributed by atoms with Gasteiger partial charge in [0.1, 0.15) is 0 Å². The summed E-state index contributed by atoms with van der Waals surface area (Å²) in [6.07, 6.45) is 5.26. The number of nitrogens with one attached hydrogen (secondary N) is 1. The van der Waals surface area contributed by atoms with Gasteiger partial charge in [0.15, 0.2) is 0 Å². The van der Waals surface area contributed by atoms with Gasteiger partial charge in [0.2, 0.25) is 0 Å². The van der Waals surface area contributed by atoms with Crippen molar-refractivity contribution in [1.82, 2.24) is 5.32 Å². The fourth-order valence-electron chi connectivity index (χ4n) is 2.29. The molecular formula is C13H21NOS. The lowest BCUT2D eigenvalue weighted by Crippen LogP contribution is -2.26. The molecule has 0 spiro atoms. The first-order chi connectivity index (χ1) is 7.81. The zero-order valence-corrected chi connectivity index (χ0v) is 11.0. The lowest BCUT2D eigenvalue weighted by Gasteiger charge is -2.11. The van der Waals surface area contributed by atoms with Crippen molar-refractivity contribution in [2.75, 3.05) is 7.11 Å². The van der Waals surface area contributed by atoms with Crippen LogP contribution in [0.2, 0.25) is 0 Å². The van der Waals surface area contributed by atoms with E-state index in [4.69, 9.17) is 4.74 Å². The zero-order valence-electron chi connectivity index (χ0n) is 10.2. The van der Waals surface area contributed by atoms with Gasteiger partial charge in [-0.1, -0.05) is 6.92 Å². The third-order valence-corrected chi connectivity index (χ3v) is 4.58. The van der Waals surface area contributed by atoms with Crippen LogP contribution in [-0.4, -0.2) is 19.3 Å². The summed E-state index contributed by atoms with van der Waals surface area (Å²) in [6, 6.07) is 5.14. The molecule has 1 aliphatic carbocycles. The highest BCUT2D eigenvalue weighted by Gasteiger charge is 2.23. The van der Waals surface area contributed by atoms with E-state index in [0.717, 1.165) is 13.0 Å². The van der Waals surface area contributed by atoms with Crippen LogP contribution in [0.4, 0.5) is 0 Å². The number of ether oxygens (including phenoxy) is 1. The van der Waals surface area contributed by atoms with Crippen LogP contribution in [0, 0.1) is 0 Å². The highest BCUT2D eigenvalue weighted by molar-refractivity contribution is 7.11. The zero-order chi connectivity index (χ0) is 11.4. The Balaban J connectivity index is 1.75. The number of thiophene rings is 1. The van der Waals surface area contributed by atoms with Crippen LogP contribution in [0.5, 0.6) is 0 Å². The van der Waals surface area contributed by atoms with Crippen LogP contribution >= 0.6 is 11.3 Å². The molecule has 0 aromatic carbocycles. The van der Waals surface area contributed by atoms with E-state index in [-0.39, 0.29) is 0 Å². The van der Waals surface area contributed by atoms with E-state index in [1.807, 2.05) is 18.4 Å². The van der Waals surface area contributed by atoms with E-state index in [1.165, 1.54) is 29.0 Å². The molecule has 16 heavy (non-hydrogen) atoms. The number of hydrogen-bond donors (Lipinski definition) is 1. The van der Waals surface area contributed by atoms with Crippen LogP contribution in [0.15, 0.2) is 12.1 Å². The van der Waals surface area contributed by atoms with Crippen molar-refractivity contribution in [2.24, 2.45) is 0 Å². The third kappa shape index (κ3) is 3.06. The maximum atomic E-state index is 5.38. The van der Waals surface area contributed by atoms with Crippen molar-refractivity contribution in [3.63, 3.8) is 0 Å². The Bertz CT molecular complexity index is 323. The monoisotopic (exact) mass is 239 g/mol. The van der Waals surface area contributed by atoms with Crippen LogP contribution in [0.1, 0.15) is 35.9 Å². The summed E-state index contributed by atoms with van der Waals surface area (Å²) in [4.78, 5) is 2.94. The average molecular weight is 239 g/mol. The van der Waals surface area contributed by atoms with Crippen molar-refractivity contribution in [3.8, 4) is 0 Å². The second kappa shape index (κ2) is 5.80. The van der Waals surface area contributed by atoms with E-state index in [0.29, 0.717) is 12.1 Å². The second-order valence-electron chi connectivity index (χ2n) is 4.47. The number of rotatable bonds is 5. The summed E-state index contributed by atoms with van der Waals surface area (Å²) in [5.74, 6) is 0. The van der Waals surface area contributed by atoms with Crippen molar-refractivity contribution >= 4 is 11.3 Å². The number of aryl methyl sites for hydroxylation is 1. The largest absolute Gasteiger partial charge is 0.381 e. The molecule has 0 radical (unpaired) electrons. The van der Waals surface area contributed by atoms with Crippen LogP contribution in [0.25, 0.3) is 0 Å². The normalized spacial score (nSPS) is 25.1. The van der Waals surface area contributed by atoms with Crippen LogP contribution in [0.3, 0.4) is 0 Å². The summed E-state index contributed by atoms with van der Waals surface area (Å²) in [5, 5.41) is 3.63. The minimum atomic E-state index is 0.479. The summed E-state index contributed by atoms with van der Waals surface area (Å²) in [7, 11) is 1.82. The molecule has 2 atom stereocenters. The summed E-state index contributed by atoms with van der Waals surface area (Å²) in [6.45, 7) is 3.23. The Morgan fingerprint density at radius 3 is 2.81 bits per heavy atom. The Morgan fingerprint density at radius 1 is 1.38 bits per heavy atom. The Kier molecular flexibility index (Phi) is 4.38. The molecule has 90 valence electrons. The van der Waals surface area contributed by atoms with Gasteiger partial charge in [0, 0.05) is 29.5 Å². The second-order valence-corrected chi connectivity index (χ2v) is 5.72. The van der Waals surface area contributed by atoms with Gasteiger partial charge < -0.3 is 10.1 Å². The molecule has 0 saturated heterocycles. The van der Waals surface area contributed by atoms with E-state index < -0.39 is 0 Å². The van der Waals surface area contributed by atoms with Crippen LogP contribution < -0.4 is 5.32 Å². The fraction of sp³-hybridized carbons (Fsp3) is 0.692. The fourth-order valence-corrected chi connectivity index (χ4v) is 3.20. The number of hydrogen-bond acceptors (Lipinski definition) is 3. The van der Waals surface area contributed by atoms with Crippen molar-refractivity contribution in [2.45, 2.75) is 51.3 Å². The minimum absolute atomic E-state index is 0.479. The standard InChI is InChI=1S/C13H21NOS/c1-3-12-6-7-13(16-12)9-14-10-4-5-11(8-10)15-2/h6-7,10-11,14H,3-5,8-9H2,1-2H3. The Hall–Kier alpha value is -0.380. The molecular weight excluding hydrogens is 218 g/mol. The predicted molar refractivity (Wildman–Crippen MR) is 69.0 cm³/mol. The first-order valence-corrected chi connectivity index (χ1v) is 6.97. The molecule has 1 saturated carbocycles. The molecule has 0 aliphatic heterocycles. The molecule has 2 unspecified atom stereocenters. The molecule has 0 bridgehead atoms. The topological polar surface area (TPSA) is 21.3 Å². The lowest BCUT2D eigenvalue weighted by molar-refractivity contribution is 0.107. The average Bonchev–Trinajstić information content (AvgIpc) is 2.95. The van der Waals surface area contributed by atoms with Gasteiger partial charge in [0.25, 0.3) is 0 Å². The first-order valence-electron chi connectivity index (χ1n) is 6.15. The highest BCUT2D eigenvalue weighted by atomic mass is 32.1. The van der Waals surface area contributed by atoms with E-state index >= 15 is 0 Å². The molecule has 2 rings (SSSR count). The Morgan fingerprint density at radius 2 is 2.19 bits per heavy atom. The van der Waals surface area contributed by atoms with Crippen molar-refractivity contribution in [1.29, 1.82) is 0 Å². The molecule has 1 aromatic heterocycles. The van der Waals surface area contributed by atoms with Gasteiger partial charge in [-0.15, -0.1) is 11.3 Å². The molecule has 2 nitrogen and oxygen atoms in total. The molecule has 0 amide bonds. The van der Waals surface area contributed by atoms with Gasteiger partial charge in [-0.3, -0.25) is 0 Å². The summed E-state index contributed by atoms with van der Waals surface area (Å²) >= 11 is 1.93. The Labute approximate surface area is 102 Å². The van der Waals surface area contributed by atoms with Gasteiger partial charge in [-0.25, -0.2) is 0 Å². The molecule has 3 heteroatoms. The maximum Gasteiger partial charge on any atom is 0.0586 e. The van der Waals surface area contributed by atoms with E-state index in [2.05, 4.69) is 24.4 Å². The third-order valence-electron chi connectivity index (χ3n) is 3.35. The van der Waals surface area contributed by atoms with Gasteiger partial charge in [-0.2, -0.15) is 0 Å². The van der Waals surface area contributed by atoms with Crippen LogP contribution in [-0.2, 0) is 17.7 Å². The summed E-state index contributed by atoms with van der Waals surface area (Å²) < 4.78 is 5.38. The molecule has 1 N–H and O–H groups in total. The van der Waals surface area contributed by atoms with E-state index in [9.17, 15) is 0 Å². The molecule has 1 heterocycles. The van der Waals surface area contributed by atoms with Gasteiger partial charge in [0.05, 0.1) is 6.10 Å². The first kappa shape index (κ1) is 12.1. The van der Waals surface area contributed by atoms with Gasteiger partial charge in [-0.05, 0) is 37.8 Å². The SMILES string of the molecule is CCc1ccc(CNC2CCC(OC)C2)s1. The van der Waals surface area contributed by atoms with E-state index in [1.54, 1.807) is 0 Å². The van der Waals surface area contributed by atoms with Gasteiger partial charge >= 0.3 is 0 Å². The van der Waals surface area contributed by atoms with Crippen molar-refractivity contribution in [3.05, 3.63) is 21.9 Å². The van der Waals surface area contributed by atoms with Crippen molar-refractivity contribution < 1.29 is 4.74 Å². The molecule has 1 aliphatic rings. The molecule has 1 fully saturated rings. The molecule has 1 aromatic rings. The maximum absolute atomic E-state index is 5.38. The minimum Gasteiger partial charge on any atom is -0.381 e. The quantitative estimate of drug-likeness (QED) is 0.853. The highest BCUT2D eigenvalue weighted by Crippen LogP contribution is 2.23. The smallest absolute Gasteiger partial charge is 0.0586 e. The lowest BCUT2D eigenvalue weighted by atomic mass is 10.2. The number of methoxy groups -OCH3 is 1.